The molecule has 0 fully saturated rings. The monoisotopic (exact) mass is 324 g/mol. The van der Waals surface area contributed by atoms with Gasteiger partial charge in [0, 0.05) is 24.7 Å². The number of hydrogen-bond donors (Lipinski definition) is 1. The van der Waals surface area contributed by atoms with Gasteiger partial charge < -0.3 is 5.32 Å². The maximum Gasteiger partial charge on any atom is 0.410 e. The molecular formula is C14H15F3N6. The molecule has 0 saturated heterocycles. The molecule has 6 nitrogen and oxygen atoms in total. The Kier molecular flexibility index (Phi) is 3.55. The smallest absolute Gasteiger partial charge is 0.362 e. The first kappa shape index (κ1) is 15.4. The van der Waals surface area contributed by atoms with Crippen molar-refractivity contribution in [2.75, 3.05) is 5.32 Å². The molecule has 2 unspecified atom stereocenters. The van der Waals surface area contributed by atoms with Gasteiger partial charge in [-0.15, -0.1) is 0 Å². The summed E-state index contributed by atoms with van der Waals surface area (Å²) in [7, 11) is 0. The van der Waals surface area contributed by atoms with E-state index in [0.29, 0.717) is 17.8 Å². The molecule has 0 spiro atoms. The number of alkyl halides is 3. The van der Waals surface area contributed by atoms with Crippen molar-refractivity contribution in [1.82, 2.24) is 19.6 Å². The quantitative estimate of drug-likeness (QED) is 0.922. The van der Waals surface area contributed by atoms with Crippen molar-refractivity contribution < 1.29 is 13.2 Å². The van der Waals surface area contributed by atoms with Crippen LogP contribution >= 0.6 is 0 Å². The fraction of sp³-hybridized carbons (Fsp3) is 0.500. The molecule has 2 aromatic rings. The Hall–Kier alpha value is -2.50. The maximum atomic E-state index is 13.4. The molecule has 0 aromatic carbocycles. The standard InChI is InChI=1S/C14H15F3N6/c1-3-22-7-10(8(2)21-22)11-4-12(14(15,16)17)23-13(20-11)9(5-18)6-19-23/h6-7,11-12,20H,3-4H2,1-2H3. The van der Waals surface area contributed by atoms with Crippen LogP contribution in [0.2, 0.25) is 0 Å². The summed E-state index contributed by atoms with van der Waals surface area (Å²) >= 11 is 0. The predicted octanol–water partition coefficient (Wildman–Crippen LogP) is 2.94. The second-order valence-electron chi connectivity index (χ2n) is 5.48. The van der Waals surface area contributed by atoms with Crippen molar-refractivity contribution >= 4 is 5.82 Å². The van der Waals surface area contributed by atoms with E-state index >= 15 is 0 Å². The molecule has 0 aliphatic carbocycles. The molecule has 3 heterocycles. The van der Waals surface area contributed by atoms with Crippen LogP contribution in [0.3, 0.4) is 0 Å². The van der Waals surface area contributed by atoms with E-state index in [1.165, 1.54) is 0 Å². The lowest BCUT2D eigenvalue weighted by Gasteiger charge is -2.33. The Labute approximate surface area is 130 Å². The van der Waals surface area contributed by atoms with Crippen LogP contribution in [0.25, 0.3) is 0 Å². The summed E-state index contributed by atoms with van der Waals surface area (Å²) in [5.74, 6) is 0.106. The summed E-state index contributed by atoms with van der Waals surface area (Å²) in [6.45, 7) is 4.31. The molecule has 9 heteroatoms. The lowest BCUT2D eigenvalue weighted by molar-refractivity contribution is -0.173. The van der Waals surface area contributed by atoms with Crippen molar-refractivity contribution in [3.05, 3.63) is 29.2 Å². The van der Waals surface area contributed by atoms with Crippen molar-refractivity contribution in [3.63, 3.8) is 0 Å². The maximum absolute atomic E-state index is 13.4. The highest BCUT2D eigenvalue weighted by Crippen LogP contribution is 2.44. The van der Waals surface area contributed by atoms with Gasteiger partial charge in [0.25, 0.3) is 0 Å². The summed E-state index contributed by atoms with van der Waals surface area (Å²) < 4.78 is 42.7. The zero-order valence-corrected chi connectivity index (χ0v) is 12.6. The highest BCUT2D eigenvalue weighted by molar-refractivity contribution is 5.54. The Morgan fingerprint density at radius 3 is 2.78 bits per heavy atom. The average molecular weight is 324 g/mol. The lowest BCUT2D eigenvalue weighted by Crippen LogP contribution is -2.36. The second-order valence-corrected chi connectivity index (χ2v) is 5.48. The molecule has 1 aliphatic heterocycles. The molecule has 23 heavy (non-hydrogen) atoms. The average Bonchev–Trinajstić information content (AvgIpc) is 3.07. The summed E-state index contributed by atoms with van der Waals surface area (Å²) in [6, 6.07) is -0.463. The predicted molar refractivity (Wildman–Crippen MR) is 75.7 cm³/mol. The van der Waals surface area contributed by atoms with Crippen LogP contribution in [0, 0.1) is 18.3 Å². The topological polar surface area (TPSA) is 71.5 Å². The summed E-state index contributed by atoms with van der Waals surface area (Å²) in [5.41, 5.74) is 1.48. The number of fused-ring (bicyclic) bond motifs is 1. The van der Waals surface area contributed by atoms with Crippen molar-refractivity contribution in [3.8, 4) is 6.07 Å². The zero-order chi connectivity index (χ0) is 16.8. The SMILES string of the molecule is CCn1cc(C2CC(C(F)(F)F)n3ncc(C#N)c3N2)c(C)n1. The number of rotatable bonds is 2. The normalized spacial score (nSPS) is 20.7. The van der Waals surface area contributed by atoms with E-state index in [-0.39, 0.29) is 17.8 Å². The van der Waals surface area contributed by atoms with Crippen molar-refractivity contribution in [2.45, 2.75) is 45.1 Å². The van der Waals surface area contributed by atoms with Gasteiger partial charge in [-0.3, -0.25) is 4.68 Å². The van der Waals surface area contributed by atoms with Crippen molar-refractivity contribution in [1.29, 1.82) is 5.26 Å². The number of aromatic nitrogens is 4. The van der Waals surface area contributed by atoms with E-state index in [2.05, 4.69) is 15.5 Å². The number of aryl methyl sites for hydroxylation is 2. The van der Waals surface area contributed by atoms with E-state index in [1.807, 2.05) is 13.0 Å². The molecule has 0 bridgehead atoms. The van der Waals surface area contributed by atoms with Crippen LogP contribution in [-0.4, -0.2) is 25.7 Å². The Morgan fingerprint density at radius 1 is 1.48 bits per heavy atom. The first-order chi connectivity index (χ1) is 10.8. The van der Waals surface area contributed by atoms with E-state index in [9.17, 15) is 13.2 Å². The Bertz CT molecular complexity index is 767. The zero-order valence-electron chi connectivity index (χ0n) is 12.6. The number of nitrogens with one attached hydrogen (secondary N) is 1. The first-order valence-corrected chi connectivity index (χ1v) is 7.20. The molecule has 0 saturated carbocycles. The van der Waals surface area contributed by atoms with Gasteiger partial charge in [0.2, 0.25) is 0 Å². The van der Waals surface area contributed by atoms with Gasteiger partial charge in [-0.05, 0) is 13.8 Å². The highest BCUT2D eigenvalue weighted by atomic mass is 19.4. The minimum atomic E-state index is -4.44. The van der Waals surface area contributed by atoms with Gasteiger partial charge in [0.1, 0.15) is 17.5 Å². The van der Waals surface area contributed by atoms with Gasteiger partial charge in [-0.2, -0.15) is 28.6 Å². The molecule has 122 valence electrons. The number of nitrogens with zero attached hydrogens (tertiary/aromatic N) is 5. The molecule has 0 amide bonds. The molecule has 1 aliphatic rings. The second kappa shape index (κ2) is 5.30. The molecular weight excluding hydrogens is 309 g/mol. The minimum absolute atomic E-state index is 0.101. The van der Waals surface area contributed by atoms with Crippen molar-refractivity contribution in [2.24, 2.45) is 0 Å². The fourth-order valence-electron chi connectivity index (χ4n) is 2.89. The van der Waals surface area contributed by atoms with E-state index < -0.39 is 18.3 Å². The number of nitriles is 1. The largest absolute Gasteiger partial charge is 0.410 e. The molecule has 2 aromatic heterocycles. The van der Waals surface area contributed by atoms with Crippen LogP contribution in [0.4, 0.5) is 19.0 Å². The van der Waals surface area contributed by atoms with E-state index in [4.69, 9.17) is 5.26 Å². The summed E-state index contributed by atoms with van der Waals surface area (Å²) in [4.78, 5) is 0. The summed E-state index contributed by atoms with van der Waals surface area (Å²) in [6.07, 6.45) is -1.73. The van der Waals surface area contributed by atoms with Crippen LogP contribution in [0.5, 0.6) is 0 Å². The lowest BCUT2D eigenvalue weighted by atomic mass is 9.97. The molecule has 3 rings (SSSR count). The first-order valence-electron chi connectivity index (χ1n) is 7.20. The van der Waals surface area contributed by atoms with Crippen LogP contribution in [0.1, 0.15) is 42.2 Å². The van der Waals surface area contributed by atoms with Gasteiger partial charge in [-0.1, -0.05) is 0 Å². The van der Waals surface area contributed by atoms with Gasteiger partial charge in [0.05, 0.1) is 17.9 Å². The number of anilines is 1. The molecule has 2 atom stereocenters. The fourth-order valence-corrected chi connectivity index (χ4v) is 2.89. The van der Waals surface area contributed by atoms with Gasteiger partial charge >= 0.3 is 6.18 Å². The third kappa shape index (κ3) is 2.54. The summed E-state index contributed by atoms with van der Waals surface area (Å²) in [5, 5.41) is 20.1. The van der Waals surface area contributed by atoms with Gasteiger partial charge in [-0.25, -0.2) is 4.68 Å². The van der Waals surface area contributed by atoms with E-state index in [1.54, 1.807) is 17.8 Å². The van der Waals surface area contributed by atoms with E-state index in [0.717, 1.165) is 10.9 Å². The third-order valence-electron chi connectivity index (χ3n) is 4.04. The molecule has 0 radical (unpaired) electrons. The minimum Gasteiger partial charge on any atom is -0.362 e. The van der Waals surface area contributed by atoms with Gasteiger partial charge in [0.15, 0.2) is 6.04 Å². The molecule has 1 N–H and O–H groups in total. The van der Waals surface area contributed by atoms with Crippen LogP contribution < -0.4 is 5.32 Å². The van der Waals surface area contributed by atoms with Crippen LogP contribution in [0.15, 0.2) is 12.4 Å². The number of hydrogen-bond acceptors (Lipinski definition) is 4. The highest BCUT2D eigenvalue weighted by Gasteiger charge is 2.47. The Balaban J connectivity index is 2.05. The Morgan fingerprint density at radius 2 is 2.22 bits per heavy atom. The van der Waals surface area contributed by atoms with Crippen LogP contribution in [-0.2, 0) is 6.54 Å². The third-order valence-corrected chi connectivity index (χ3v) is 4.04. The number of halogens is 3.